The van der Waals surface area contributed by atoms with Gasteiger partial charge in [0.1, 0.15) is 0 Å². The maximum atomic E-state index is 11.2. The number of benzene rings is 1. The molecular weight excluding hydrogens is 232 g/mol. The number of hydrogen-bond acceptors (Lipinski definition) is 3. The second-order valence-electron chi connectivity index (χ2n) is 4.45. The van der Waals surface area contributed by atoms with Gasteiger partial charge in [0.05, 0.1) is 6.61 Å². The normalized spacial score (nSPS) is 14.1. The van der Waals surface area contributed by atoms with E-state index in [1.54, 1.807) is 6.92 Å². The molecule has 0 fully saturated rings. The Hall–Kier alpha value is -1.39. The molecule has 18 heavy (non-hydrogen) atoms. The smallest absolute Gasteiger partial charge is 0.335 e. The molecule has 0 saturated heterocycles. The molecule has 0 heterocycles. The molecule has 4 nitrogen and oxygen atoms in total. The molecule has 1 atom stereocenters. The zero-order valence-corrected chi connectivity index (χ0v) is 10.6. The van der Waals surface area contributed by atoms with Crippen LogP contribution in [-0.4, -0.2) is 35.0 Å². The quantitative estimate of drug-likeness (QED) is 0.693. The van der Waals surface area contributed by atoms with Crippen molar-refractivity contribution in [3.63, 3.8) is 0 Å². The highest BCUT2D eigenvalue weighted by Gasteiger charge is 2.33. The van der Waals surface area contributed by atoms with Crippen LogP contribution in [0.3, 0.4) is 0 Å². The summed E-state index contributed by atoms with van der Waals surface area (Å²) in [6.45, 7) is 1.85. The van der Waals surface area contributed by atoms with Crippen LogP contribution >= 0.6 is 0 Å². The third kappa shape index (κ3) is 4.47. The lowest BCUT2D eigenvalue weighted by molar-refractivity contribution is -0.164. The largest absolute Gasteiger partial charge is 0.479 e. The number of rotatable bonds is 8. The SMILES string of the molecule is CC(CCc1ccccc1)(OCCCO)C(=O)O. The molecule has 0 saturated carbocycles. The second kappa shape index (κ2) is 7.13. The number of ether oxygens (including phenoxy) is 1. The van der Waals surface area contributed by atoms with E-state index < -0.39 is 11.6 Å². The summed E-state index contributed by atoms with van der Waals surface area (Å²) in [6, 6.07) is 9.73. The number of aliphatic hydroxyl groups is 1. The zero-order chi connectivity index (χ0) is 13.4. The van der Waals surface area contributed by atoms with Crippen LogP contribution < -0.4 is 0 Å². The summed E-state index contributed by atoms with van der Waals surface area (Å²) < 4.78 is 5.39. The van der Waals surface area contributed by atoms with Crippen LogP contribution in [0.1, 0.15) is 25.3 Å². The molecule has 0 bridgehead atoms. The molecule has 0 aliphatic rings. The molecule has 4 heteroatoms. The molecule has 1 rings (SSSR count). The third-order valence-corrected chi connectivity index (χ3v) is 2.91. The van der Waals surface area contributed by atoms with Gasteiger partial charge < -0.3 is 14.9 Å². The molecule has 1 aromatic carbocycles. The average molecular weight is 252 g/mol. The fourth-order valence-electron chi connectivity index (χ4n) is 1.63. The number of aliphatic hydroxyl groups excluding tert-OH is 1. The topological polar surface area (TPSA) is 66.8 Å². The third-order valence-electron chi connectivity index (χ3n) is 2.91. The predicted molar refractivity (Wildman–Crippen MR) is 68.5 cm³/mol. The van der Waals surface area contributed by atoms with Crippen LogP contribution in [-0.2, 0) is 16.0 Å². The Morgan fingerprint density at radius 1 is 1.33 bits per heavy atom. The van der Waals surface area contributed by atoms with Crippen molar-refractivity contribution in [3.8, 4) is 0 Å². The molecule has 2 N–H and O–H groups in total. The fraction of sp³-hybridized carbons (Fsp3) is 0.500. The number of carboxylic acids is 1. The summed E-state index contributed by atoms with van der Waals surface area (Å²) >= 11 is 0. The molecule has 100 valence electrons. The molecular formula is C14H20O4. The van der Waals surface area contributed by atoms with Crippen LogP contribution in [0.4, 0.5) is 0 Å². The molecule has 0 aliphatic heterocycles. The van der Waals surface area contributed by atoms with E-state index in [1.807, 2.05) is 30.3 Å². The van der Waals surface area contributed by atoms with Gasteiger partial charge in [-0.25, -0.2) is 4.79 Å². The van der Waals surface area contributed by atoms with E-state index in [0.29, 0.717) is 19.3 Å². The lowest BCUT2D eigenvalue weighted by atomic mass is 9.96. The van der Waals surface area contributed by atoms with Crippen molar-refractivity contribution in [2.75, 3.05) is 13.2 Å². The highest BCUT2D eigenvalue weighted by Crippen LogP contribution is 2.19. The standard InChI is InChI=1S/C14H20O4/c1-14(13(16)17,18-11-5-10-15)9-8-12-6-3-2-4-7-12/h2-4,6-7,15H,5,8-11H2,1H3,(H,16,17). The van der Waals surface area contributed by atoms with Crippen molar-refractivity contribution >= 4 is 5.97 Å². The van der Waals surface area contributed by atoms with E-state index in [9.17, 15) is 9.90 Å². The first kappa shape index (κ1) is 14.7. The maximum Gasteiger partial charge on any atom is 0.335 e. The van der Waals surface area contributed by atoms with E-state index >= 15 is 0 Å². The van der Waals surface area contributed by atoms with Gasteiger partial charge in [0.15, 0.2) is 5.60 Å². The number of hydrogen-bond donors (Lipinski definition) is 2. The summed E-state index contributed by atoms with van der Waals surface area (Å²) in [7, 11) is 0. The molecule has 0 amide bonds. The van der Waals surface area contributed by atoms with Crippen LogP contribution in [0.15, 0.2) is 30.3 Å². The number of aliphatic carboxylic acids is 1. The Kier molecular flexibility index (Phi) is 5.82. The number of aryl methyl sites for hydroxylation is 1. The first-order chi connectivity index (χ1) is 8.58. The van der Waals surface area contributed by atoms with Crippen LogP contribution in [0, 0.1) is 0 Å². The zero-order valence-electron chi connectivity index (χ0n) is 10.6. The van der Waals surface area contributed by atoms with E-state index in [1.165, 1.54) is 0 Å². The van der Waals surface area contributed by atoms with Crippen LogP contribution in [0.5, 0.6) is 0 Å². The van der Waals surface area contributed by atoms with Gasteiger partial charge in [-0.2, -0.15) is 0 Å². The maximum absolute atomic E-state index is 11.2. The average Bonchev–Trinajstić information content (AvgIpc) is 2.38. The highest BCUT2D eigenvalue weighted by molar-refractivity contribution is 5.76. The van der Waals surface area contributed by atoms with Crippen molar-refractivity contribution < 1.29 is 19.7 Å². The minimum atomic E-state index is -1.19. The Labute approximate surface area is 107 Å². The van der Waals surface area contributed by atoms with E-state index in [2.05, 4.69) is 0 Å². The predicted octanol–water partition coefficient (Wildman–Crippen LogP) is 1.86. The highest BCUT2D eigenvalue weighted by atomic mass is 16.5. The summed E-state index contributed by atoms with van der Waals surface area (Å²) in [5.74, 6) is -0.962. The Morgan fingerprint density at radius 2 is 2.00 bits per heavy atom. The second-order valence-corrected chi connectivity index (χ2v) is 4.45. The Bertz CT molecular complexity index is 363. The molecule has 1 aromatic rings. The van der Waals surface area contributed by atoms with Crippen molar-refractivity contribution in [1.29, 1.82) is 0 Å². The van der Waals surface area contributed by atoms with Crippen LogP contribution in [0.2, 0.25) is 0 Å². The fourth-order valence-corrected chi connectivity index (χ4v) is 1.63. The number of carbonyl (C=O) groups is 1. The van der Waals surface area contributed by atoms with Crippen LogP contribution in [0.25, 0.3) is 0 Å². The van der Waals surface area contributed by atoms with Gasteiger partial charge >= 0.3 is 5.97 Å². The molecule has 0 aliphatic carbocycles. The molecule has 0 aromatic heterocycles. The van der Waals surface area contributed by atoms with Crippen molar-refractivity contribution in [3.05, 3.63) is 35.9 Å². The lowest BCUT2D eigenvalue weighted by Crippen LogP contribution is -2.39. The van der Waals surface area contributed by atoms with Crippen molar-refractivity contribution in [1.82, 2.24) is 0 Å². The minimum absolute atomic E-state index is 0.00832. The summed E-state index contributed by atoms with van der Waals surface area (Å²) in [6.07, 6.45) is 1.52. The summed E-state index contributed by atoms with van der Waals surface area (Å²) in [5, 5.41) is 17.9. The van der Waals surface area contributed by atoms with E-state index in [0.717, 1.165) is 5.56 Å². The first-order valence-electron chi connectivity index (χ1n) is 6.10. The van der Waals surface area contributed by atoms with Gasteiger partial charge in [-0.3, -0.25) is 0 Å². The molecule has 0 radical (unpaired) electrons. The van der Waals surface area contributed by atoms with E-state index in [-0.39, 0.29) is 13.2 Å². The van der Waals surface area contributed by atoms with Gasteiger partial charge in [-0.1, -0.05) is 30.3 Å². The number of carboxylic acid groups (broad SMARTS) is 1. The van der Waals surface area contributed by atoms with Gasteiger partial charge in [0.2, 0.25) is 0 Å². The van der Waals surface area contributed by atoms with Crippen molar-refractivity contribution in [2.45, 2.75) is 31.8 Å². The van der Waals surface area contributed by atoms with Gasteiger partial charge in [-0.15, -0.1) is 0 Å². The summed E-state index contributed by atoms with van der Waals surface area (Å²) in [4.78, 5) is 11.2. The molecule has 0 spiro atoms. The lowest BCUT2D eigenvalue weighted by Gasteiger charge is -2.25. The van der Waals surface area contributed by atoms with Gasteiger partial charge in [0.25, 0.3) is 0 Å². The first-order valence-corrected chi connectivity index (χ1v) is 6.10. The van der Waals surface area contributed by atoms with Crippen molar-refractivity contribution in [2.24, 2.45) is 0 Å². The van der Waals surface area contributed by atoms with Gasteiger partial charge in [-0.05, 0) is 31.7 Å². The molecule has 1 unspecified atom stereocenters. The minimum Gasteiger partial charge on any atom is -0.479 e. The summed E-state index contributed by atoms with van der Waals surface area (Å²) in [5.41, 5.74) is -0.0962. The van der Waals surface area contributed by atoms with Gasteiger partial charge in [0, 0.05) is 6.61 Å². The Morgan fingerprint density at radius 3 is 2.56 bits per heavy atom. The Balaban J connectivity index is 2.54. The van der Waals surface area contributed by atoms with E-state index in [4.69, 9.17) is 9.84 Å². The monoisotopic (exact) mass is 252 g/mol.